The summed E-state index contributed by atoms with van der Waals surface area (Å²) in [5, 5.41) is 0. The van der Waals surface area contributed by atoms with E-state index in [1.165, 1.54) is 6.33 Å². The minimum absolute atomic E-state index is 0.197. The Morgan fingerprint density at radius 1 is 1.24 bits per heavy atom. The Balaban J connectivity index is 1.45. The molecule has 0 bridgehead atoms. The molecule has 0 aliphatic heterocycles. The number of allylic oxidation sites excluding steroid dienone is 1. The molecule has 1 aromatic carbocycles. The SMILES string of the molecule is C/C=C/c1ccc(OCC(=O)OCCCn2cnc3c(N)ncnc32)c(OC)c1. The van der Waals surface area contributed by atoms with Crippen molar-refractivity contribution in [2.24, 2.45) is 0 Å². The number of aromatic nitrogens is 4. The molecule has 0 aliphatic carbocycles. The number of hydrogen-bond acceptors (Lipinski definition) is 8. The summed E-state index contributed by atoms with van der Waals surface area (Å²) in [6, 6.07) is 5.49. The number of anilines is 1. The number of carbonyl (C=O) groups excluding carboxylic acids is 1. The van der Waals surface area contributed by atoms with Gasteiger partial charge in [-0.3, -0.25) is 0 Å². The lowest BCUT2D eigenvalue weighted by molar-refractivity contribution is -0.146. The van der Waals surface area contributed by atoms with E-state index in [-0.39, 0.29) is 13.2 Å². The van der Waals surface area contributed by atoms with Crippen LogP contribution in [0.3, 0.4) is 0 Å². The molecule has 0 aliphatic rings. The van der Waals surface area contributed by atoms with E-state index in [1.54, 1.807) is 19.5 Å². The topological polar surface area (TPSA) is 114 Å². The van der Waals surface area contributed by atoms with E-state index in [2.05, 4.69) is 15.0 Å². The smallest absolute Gasteiger partial charge is 0.344 e. The molecule has 2 heterocycles. The van der Waals surface area contributed by atoms with Gasteiger partial charge in [0.1, 0.15) is 11.8 Å². The van der Waals surface area contributed by atoms with Gasteiger partial charge < -0.3 is 24.5 Å². The maximum Gasteiger partial charge on any atom is 0.344 e. The average molecular weight is 397 g/mol. The minimum atomic E-state index is -0.452. The van der Waals surface area contributed by atoms with Crippen molar-refractivity contribution in [1.29, 1.82) is 0 Å². The fourth-order valence-corrected chi connectivity index (χ4v) is 2.76. The molecular weight excluding hydrogens is 374 g/mol. The van der Waals surface area contributed by atoms with Crippen LogP contribution in [0.15, 0.2) is 36.9 Å². The number of nitrogens with two attached hydrogens (primary N) is 1. The third-order valence-corrected chi connectivity index (χ3v) is 4.13. The van der Waals surface area contributed by atoms with Crippen molar-refractivity contribution in [3.05, 3.63) is 42.5 Å². The van der Waals surface area contributed by atoms with E-state index in [9.17, 15) is 4.79 Å². The third kappa shape index (κ3) is 5.01. The van der Waals surface area contributed by atoms with E-state index >= 15 is 0 Å². The standard InChI is InChI=1S/C20H23N5O4/c1-3-5-14-6-7-15(16(10-14)27-2)29-11-17(26)28-9-4-8-25-13-24-18-19(21)22-12-23-20(18)25/h3,5-7,10,12-13H,4,8-9,11H2,1-2H3,(H2,21,22,23)/b5-3+. The molecule has 29 heavy (non-hydrogen) atoms. The van der Waals surface area contributed by atoms with E-state index in [0.29, 0.717) is 41.4 Å². The second-order valence-corrected chi connectivity index (χ2v) is 6.14. The molecule has 152 valence electrons. The van der Waals surface area contributed by atoms with E-state index in [1.807, 2.05) is 35.8 Å². The van der Waals surface area contributed by atoms with Gasteiger partial charge in [0.05, 0.1) is 20.0 Å². The fourth-order valence-electron chi connectivity index (χ4n) is 2.76. The number of rotatable bonds is 9. The number of esters is 1. The maximum atomic E-state index is 11.9. The summed E-state index contributed by atoms with van der Waals surface area (Å²) < 4.78 is 17.9. The van der Waals surface area contributed by atoms with Crippen molar-refractivity contribution in [1.82, 2.24) is 19.5 Å². The quantitative estimate of drug-likeness (QED) is 0.433. The predicted octanol–water partition coefficient (Wildman–Crippen LogP) is 2.46. The number of ether oxygens (including phenoxy) is 3. The highest BCUT2D eigenvalue weighted by molar-refractivity contribution is 5.81. The summed E-state index contributed by atoms with van der Waals surface area (Å²) >= 11 is 0. The van der Waals surface area contributed by atoms with Crippen molar-refractivity contribution in [3.63, 3.8) is 0 Å². The first kappa shape index (κ1) is 20.1. The van der Waals surface area contributed by atoms with Gasteiger partial charge >= 0.3 is 5.97 Å². The van der Waals surface area contributed by atoms with Crippen LogP contribution in [0, 0.1) is 0 Å². The molecule has 0 radical (unpaired) electrons. The minimum Gasteiger partial charge on any atom is -0.493 e. The summed E-state index contributed by atoms with van der Waals surface area (Å²) in [7, 11) is 1.55. The third-order valence-electron chi connectivity index (χ3n) is 4.13. The first-order valence-corrected chi connectivity index (χ1v) is 9.13. The lowest BCUT2D eigenvalue weighted by Gasteiger charge is -2.11. The van der Waals surface area contributed by atoms with Gasteiger partial charge in [0.25, 0.3) is 0 Å². The molecule has 0 fully saturated rings. The van der Waals surface area contributed by atoms with E-state index in [0.717, 1.165) is 5.56 Å². The van der Waals surface area contributed by atoms with Gasteiger partial charge in [-0.25, -0.2) is 19.7 Å². The van der Waals surface area contributed by atoms with Gasteiger partial charge in [0.15, 0.2) is 29.6 Å². The number of methoxy groups -OCH3 is 1. The van der Waals surface area contributed by atoms with Crippen molar-refractivity contribution < 1.29 is 19.0 Å². The average Bonchev–Trinajstić information content (AvgIpc) is 3.15. The number of nitrogens with zero attached hydrogens (tertiary/aromatic N) is 4. The molecule has 0 amide bonds. The van der Waals surface area contributed by atoms with Crippen molar-refractivity contribution in [2.75, 3.05) is 26.1 Å². The van der Waals surface area contributed by atoms with Crippen LogP contribution in [-0.4, -0.2) is 45.8 Å². The van der Waals surface area contributed by atoms with Gasteiger partial charge in [0.2, 0.25) is 0 Å². The predicted molar refractivity (Wildman–Crippen MR) is 109 cm³/mol. The van der Waals surface area contributed by atoms with Crippen LogP contribution in [0.4, 0.5) is 5.82 Å². The molecule has 9 nitrogen and oxygen atoms in total. The Bertz CT molecular complexity index is 1020. The fraction of sp³-hybridized carbons (Fsp3) is 0.300. The number of fused-ring (bicyclic) bond motifs is 1. The van der Waals surface area contributed by atoms with Crippen molar-refractivity contribution in [3.8, 4) is 11.5 Å². The molecule has 3 aromatic rings. The van der Waals surface area contributed by atoms with Crippen LogP contribution in [0.25, 0.3) is 17.2 Å². The summed E-state index contributed by atoms with van der Waals surface area (Å²) in [5.41, 5.74) is 7.97. The van der Waals surface area contributed by atoms with Crippen LogP contribution < -0.4 is 15.2 Å². The van der Waals surface area contributed by atoms with Gasteiger partial charge in [-0.15, -0.1) is 0 Å². The number of carbonyl (C=O) groups is 1. The van der Waals surface area contributed by atoms with E-state index < -0.39 is 5.97 Å². The molecular formula is C20H23N5O4. The molecule has 9 heteroatoms. The lowest BCUT2D eigenvalue weighted by Crippen LogP contribution is -2.16. The molecule has 2 N–H and O–H groups in total. The summed E-state index contributed by atoms with van der Waals surface area (Å²) in [6.45, 7) is 2.57. The highest BCUT2D eigenvalue weighted by Gasteiger charge is 2.10. The highest BCUT2D eigenvalue weighted by atomic mass is 16.6. The Labute approximate surface area is 168 Å². The Kier molecular flexibility index (Phi) is 6.62. The number of imidazole rings is 1. The Morgan fingerprint density at radius 2 is 2.10 bits per heavy atom. The van der Waals surface area contributed by atoms with Gasteiger partial charge in [-0.1, -0.05) is 18.2 Å². The van der Waals surface area contributed by atoms with E-state index in [4.69, 9.17) is 19.9 Å². The second kappa shape index (κ2) is 9.54. The number of hydrogen-bond donors (Lipinski definition) is 1. The van der Waals surface area contributed by atoms with Crippen LogP contribution in [-0.2, 0) is 16.1 Å². The van der Waals surface area contributed by atoms with Gasteiger partial charge in [-0.05, 0) is 31.0 Å². The van der Waals surface area contributed by atoms with Crippen LogP contribution >= 0.6 is 0 Å². The molecule has 0 spiro atoms. The lowest BCUT2D eigenvalue weighted by atomic mass is 10.2. The van der Waals surface area contributed by atoms with Crippen LogP contribution in [0.5, 0.6) is 11.5 Å². The van der Waals surface area contributed by atoms with Gasteiger partial charge in [-0.2, -0.15) is 0 Å². The second-order valence-electron chi connectivity index (χ2n) is 6.14. The molecule has 0 saturated heterocycles. The number of nitrogen functional groups attached to an aromatic ring is 1. The summed E-state index contributed by atoms with van der Waals surface area (Å²) in [4.78, 5) is 24.2. The first-order valence-electron chi connectivity index (χ1n) is 9.13. The monoisotopic (exact) mass is 397 g/mol. The zero-order valence-electron chi connectivity index (χ0n) is 16.4. The summed E-state index contributed by atoms with van der Waals surface area (Å²) in [6.07, 6.45) is 7.52. The number of benzene rings is 1. The van der Waals surface area contributed by atoms with Crippen molar-refractivity contribution in [2.45, 2.75) is 19.9 Å². The summed E-state index contributed by atoms with van der Waals surface area (Å²) in [5.74, 6) is 0.930. The first-order chi connectivity index (χ1) is 14.1. The van der Waals surface area contributed by atoms with Gasteiger partial charge in [0, 0.05) is 6.54 Å². The van der Waals surface area contributed by atoms with Crippen LogP contribution in [0.1, 0.15) is 18.9 Å². The molecule has 2 aromatic heterocycles. The molecule has 0 unspecified atom stereocenters. The molecule has 0 saturated carbocycles. The number of aryl methyl sites for hydroxylation is 1. The highest BCUT2D eigenvalue weighted by Crippen LogP contribution is 2.28. The zero-order chi connectivity index (χ0) is 20.6. The zero-order valence-corrected chi connectivity index (χ0v) is 16.4. The largest absolute Gasteiger partial charge is 0.493 e. The maximum absolute atomic E-state index is 11.9. The normalized spacial score (nSPS) is 11.1. The molecule has 0 atom stereocenters. The Morgan fingerprint density at radius 3 is 2.90 bits per heavy atom. The Hall–Kier alpha value is -3.62. The van der Waals surface area contributed by atoms with Crippen LogP contribution in [0.2, 0.25) is 0 Å². The molecule has 3 rings (SSSR count). The van der Waals surface area contributed by atoms with Crippen molar-refractivity contribution >= 4 is 29.0 Å².